The molecule has 2 rings (SSSR count). The number of ether oxygens (including phenoxy) is 3. The van der Waals surface area contributed by atoms with Gasteiger partial charge in [-0.1, -0.05) is 0 Å². The lowest BCUT2D eigenvalue weighted by molar-refractivity contribution is -0.142. The standard InChI is InChI=1S/C17H26N2O6S/c1-4-24-14-5-7-15(8-6-14)25-13-17(2,18-26(3,21)22)16(20)19-9-11-23-12-10-19/h5-8,18H,4,9-13H2,1-3H3. The van der Waals surface area contributed by atoms with Crippen LogP contribution in [0.25, 0.3) is 0 Å². The van der Waals surface area contributed by atoms with Gasteiger partial charge in [0, 0.05) is 13.1 Å². The molecule has 0 aromatic heterocycles. The highest BCUT2D eigenvalue weighted by Gasteiger charge is 2.40. The number of nitrogens with zero attached hydrogens (tertiary/aromatic N) is 1. The molecule has 1 amide bonds. The first-order valence-electron chi connectivity index (χ1n) is 8.45. The fraction of sp³-hybridized carbons (Fsp3) is 0.588. The Morgan fingerprint density at radius 2 is 1.73 bits per heavy atom. The van der Waals surface area contributed by atoms with Gasteiger partial charge in [0.1, 0.15) is 23.6 Å². The molecular weight excluding hydrogens is 360 g/mol. The van der Waals surface area contributed by atoms with E-state index in [0.29, 0.717) is 44.4 Å². The maximum absolute atomic E-state index is 12.9. The Bertz CT molecular complexity index is 700. The average molecular weight is 386 g/mol. The first-order chi connectivity index (χ1) is 12.2. The maximum Gasteiger partial charge on any atom is 0.247 e. The van der Waals surface area contributed by atoms with Gasteiger partial charge in [0.15, 0.2) is 0 Å². The quantitative estimate of drug-likeness (QED) is 0.704. The summed E-state index contributed by atoms with van der Waals surface area (Å²) >= 11 is 0. The topological polar surface area (TPSA) is 94.2 Å². The summed E-state index contributed by atoms with van der Waals surface area (Å²) in [6, 6.07) is 6.93. The zero-order valence-corrected chi connectivity index (χ0v) is 16.2. The molecule has 8 nitrogen and oxygen atoms in total. The summed E-state index contributed by atoms with van der Waals surface area (Å²) in [6.07, 6.45) is 1.02. The summed E-state index contributed by atoms with van der Waals surface area (Å²) in [6.45, 7) is 5.55. The van der Waals surface area contributed by atoms with Gasteiger partial charge < -0.3 is 19.1 Å². The maximum atomic E-state index is 12.9. The number of sulfonamides is 1. The third-order valence-electron chi connectivity index (χ3n) is 3.84. The number of hydrogen-bond donors (Lipinski definition) is 1. The van der Waals surface area contributed by atoms with Crippen LogP contribution in [-0.4, -0.2) is 70.5 Å². The van der Waals surface area contributed by atoms with Crippen LogP contribution in [0.1, 0.15) is 13.8 Å². The Morgan fingerprint density at radius 1 is 1.19 bits per heavy atom. The lowest BCUT2D eigenvalue weighted by atomic mass is 10.0. The van der Waals surface area contributed by atoms with Gasteiger partial charge in [-0.15, -0.1) is 0 Å². The Labute approximate surface area is 154 Å². The number of nitrogens with one attached hydrogen (secondary N) is 1. The van der Waals surface area contributed by atoms with E-state index in [1.54, 1.807) is 29.2 Å². The summed E-state index contributed by atoms with van der Waals surface area (Å²) in [5.74, 6) is 0.892. The van der Waals surface area contributed by atoms with Gasteiger partial charge >= 0.3 is 0 Å². The van der Waals surface area contributed by atoms with Gasteiger partial charge in [-0.25, -0.2) is 8.42 Å². The number of rotatable bonds is 8. The largest absolute Gasteiger partial charge is 0.494 e. The number of amides is 1. The van der Waals surface area contributed by atoms with E-state index >= 15 is 0 Å². The first kappa shape index (κ1) is 20.5. The summed E-state index contributed by atoms with van der Waals surface area (Å²) < 4.78 is 42.3. The molecule has 0 bridgehead atoms. The fourth-order valence-corrected chi connectivity index (χ4v) is 3.65. The van der Waals surface area contributed by atoms with E-state index in [9.17, 15) is 13.2 Å². The number of benzene rings is 1. The van der Waals surface area contributed by atoms with Gasteiger partial charge in [-0.2, -0.15) is 4.72 Å². The third kappa shape index (κ3) is 5.86. The van der Waals surface area contributed by atoms with Crippen molar-refractivity contribution in [1.29, 1.82) is 0 Å². The van der Waals surface area contributed by atoms with Crippen molar-refractivity contribution >= 4 is 15.9 Å². The van der Waals surface area contributed by atoms with Crippen molar-refractivity contribution in [3.05, 3.63) is 24.3 Å². The molecule has 1 N–H and O–H groups in total. The van der Waals surface area contributed by atoms with Crippen molar-refractivity contribution in [3.63, 3.8) is 0 Å². The highest BCUT2D eigenvalue weighted by molar-refractivity contribution is 7.88. The van der Waals surface area contributed by atoms with Crippen LogP contribution in [0.15, 0.2) is 24.3 Å². The number of carbonyl (C=O) groups excluding carboxylic acids is 1. The van der Waals surface area contributed by atoms with E-state index in [0.717, 1.165) is 6.26 Å². The zero-order valence-electron chi connectivity index (χ0n) is 15.4. The van der Waals surface area contributed by atoms with E-state index in [-0.39, 0.29) is 12.5 Å². The SMILES string of the molecule is CCOc1ccc(OCC(C)(NS(C)(=O)=O)C(=O)N2CCOCC2)cc1. The van der Waals surface area contributed by atoms with E-state index in [1.807, 2.05) is 6.92 Å². The van der Waals surface area contributed by atoms with E-state index < -0.39 is 15.6 Å². The van der Waals surface area contributed by atoms with Crippen LogP contribution >= 0.6 is 0 Å². The lowest BCUT2D eigenvalue weighted by Crippen LogP contribution is -2.62. The Morgan fingerprint density at radius 3 is 2.23 bits per heavy atom. The molecule has 146 valence electrons. The van der Waals surface area contributed by atoms with Crippen molar-refractivity contribution in [2.24, 2.45) is 0 Å². The highest BCUT2D eigenvalue weighted by atomic mass is 32.2. The second-order valence-corrected chi connectivity index (χ2v) is 8.05. The average Bonchev–Trinajstić information content (AvgIpc) is 2.60. The van der Waals surface area contributed by atoms with Gasteiger partial charge in [0.2, 0.25) is 15.9 Å². The second kappa shape index (κ2) is 8.70. The Balaban J connectivity index is 2.11. The summed E-state index contributed by atoms with van der Waals surface area (Å²) in [5.41, 5.74) is -1.41. The van der Waals surface area contributed by atoms with Gasteiger partial charge in [0.05, 0.1) is 26.1 Å². The lowest BCUT2D eigenvalue weighted by Gasteiger charge is -2.36. The fourth-order valence-electron chi connectivity index (χ4n) is 2.69. The summed E-state index contributed by atoms with van der Waals surface area (Å²) in [5, 5.41) is 0. The minimum Gasteiger partial charge on any atom is -0.494 e. The molecule has 26 heavy (non-hydrogen) atoms. The van der Waals surface area contributed by atoms with Crippen LogP contribution in [0, 0.1) is 0 Å². The molecule has 0 aliphatic carbocycles. The third-order valence-corrected chi connectivity index (χ3v) is 4.66. The van der Waals surface area contributed by atoms with E-state index in [2.05, 4.69) is 4.72 Å². The zero-order chi connectivity index (χ0) is 19.2. The van der Waals surface area contributed by atoms with Crippen molar-refractivity contribution in [3.8, 4) is 11.5 Å². The molecule has 1 unspecified atom stereocenters. The van der Waals surface area contributed by atoms with Crippen molar-refractivity contribution < 1.29 is 27.4 Å². The predicted octanol–water partition coefficient (Wildman–Crippen LogP) is 0.631. The molecule has 1 aromatic carbocycles. The molecule has 0 saturated carbocycles. The van der Waals surface area contributed by atoms with Crippen LogP contribution in [0.4, 0.5) is 0 Å². The van der Waals surface area contributed by atoms with E-state index in [1.165, 1.54) is 6.92 Å². The molecule has 1 fully saturated rings. The van der Waals surface area contributed by atoms with Crippen LogP contribution in [0.5, 0.6) is 11.5 Å². The van der Waals surface area contributed by atoms with Crippen LogP contribution < -0.4 is 14.2 Å². The number of carbonyl (C=O) groups is 1. The molecule has 0 spiro atoms. The molecule has 1 heterocycles. The second-order valence-electron chi connectivity index (χ2n) is 6.30. The predicted molar refractivity (Wildman–Crippen MR) is 96.9 cm³/mol. The van der Waals surface area contributed by atoms with Gasteiger partial charge in [-0.3, -0.25) is 4.79 Å². The van der Waals surface area contributed by atoms with Crippen LogP contribution in [0.2, 0.25) is 0 Å². The molecule has 0 radical (unpaired) electrons. The first-order valence-corrected chi connectivity index (χ1v) is 10.3. The van der Waals surface area contributed by atoms with Crippen LogP contribution in [-0.2, 0) is 19.6 Å². The normalized spacial score (nSPS) is 17.4. The summed E-state index contributed by atoms with van der Waals surface area (Å²) in [7, 11) is -3.61. The van der Waals surface area contributed by atoms with Gasteiger partial charge in [-0.05, 0) is 38.1 Å². The molecule has 1 atom stereocenters. The Hall–Kier alpha value is -1.84. The molecular formula is C17H26N2O6S. The van der Waals surface area contributed by atoms with Gasteiger partial charge in [0.25, 0.3) is 0 Å². The summed E-state index contributed by atoms with van der Waals surface area (Å²) in [4.78, 5) is 14.5. The van der Waals surface area contributed by atoms with Crippen LogP contribution in [0.3, 0.4) is 0 Å². The molecule has 1 aromatic rings. The van der Waals surface area contributed by atoms with E-state index in [4.69, 9.17) is 14.2 Å². The molecule has 1 aliphatic rings. The van der Waals surface area contributed by atoms with Crippen molar-refractivity contribution in [2.75, 3.05) is 45.8 Å². The molecule has 1 saturated heterocycles. The minimum absolute atomic E-state index is 0.135. The Kier molecular flexibility index (Phi) is 6.85. The smallest absolute Gasteiger partial charge is 0.247 e. The highest BCUT2D eigenvalue weighted by Crippen LogP contribution is 2.20. The minimum atomic E-state index is -3.61. The molecule has 1 aliphatic heterocycles. The number of morpholine rings is 1. The van der Waals surface area contributed by atoms with Crippen molar-refractivity contribution in [1.82, 2.24) is 9.62 Å². The number of hydrogen-bond acceptors (Lipinski definition) is 6. The monoisotopic (exact) mass is 386 g/mol. The van der Waals surface area contributed by atoms with Crippen molar-refractivity contribution in [2.45, 2.75) is 19.4 Å². The molecule has 9 heteroatoms.